The minimum absolute atomic E-state index is 0.0182. The third kappa shape index (κ3) is 5.23. The maximum atomic E-state index is 14.0. The maximum Gasteiger partial charge on any atom is 0.302 e. The summed E-state index contributed by atoms with van der Waals surface area (Å²) in [5.74, 6) is 1.23. The van der Waals surface area contributed by atoms with Gasteiger partial charge in [0.1, 0.15) is 23.5 Å². The smallest absolute Gasteiger partial charge is 0.302 e. The number of halogens is 2. The zero-order valence-electron chi connectivity index (χ0n) is 18.8. The molecule has 2 aromatic carbocycles. The van der Waals surface area contributed by atoms with Gasteiger partial charge in [-0.2, -0.15) is 8.78 Å². The number of aldehydes is 1. The van der Waals surface area contributed by atoms with E-state index in [1.54, 1.807) is 48.2 Å². The van der Waals surface area contributed by atoms with Crippen molar-refractivity contribution in [1.82, 2.24) is 10.2 Å². The molecular weight excluding hydrogens is 477 g/mol. The van der Waals surface area contributed by atoms with E-state index < -0.39 is 11.4 Å². The number of hydrogen-bond acceptors (Lipinski definition) is 6. The highest BCUT2D eigenvalue weighted by Crippen LogP contribution is 2.44. The molecule has 0 N–H and O–H groups in total. The Morgan fingerprint density at radius 1 is 1.29 bits per heavy atom. The Labute approximate surface area is 203 Å². The summed E-state index contributed by atoms with van der Waals surface area (Å²) in [4.78, 5) is 13.0. The van der Waals surface area contributed by atoms with E-state index in [2.05, 4.69) is 23.2 Å². The van der Waals surface area contributed by atoms with E-state index in [9.17, 15) is 13.6 Å². The van der Waals surface area contributed by atoms with Crippen molar-refractivity contribution in [2.45, 2.75) is 43.5 Å². The number of hydrogen-bond donors (Lipinski definition) is 0. The zero-order valence-corrected chi connectivity index (χ0v) is 20.8. The molecule has 9 heteroatoms. The molecule has 0 saturated carbocycles. The first-order valence-corrected chi connectivity index (χ1v) is 12.4. The number of carbonyl (C=O) groups excluding carboxylic acids is 1. The van der Waals surface area contributed by atoms with Gasteiger partial charge in [-0.25, -0.2) is 0 Å². The summed E-state index contributed by atoms with van der Waals surface area (Å²) < 4.78 is 39.7. The molecule has 1 aliphatic rings. The van der Waals surface area contributed by atoms with Crippen LogP contribution >= 0.6 is 21.0 Å². The van der Waals surface area contributed by atoms with Gasteiger partial charge >= 0.3 is 5.66 Å². The largest absolute Gasteiger partial charge is 0.493 e. The third-order valence-corrected chi connectivity index (χ3v) is 7.12. The van der Waals surface area contributed by atoms with Crippen molar-refractivity contribution in [2.24, 2.45) is 0 Å². The summed E-state index contributed by atoms with van der Waals surface area (Å²) in [5.41, 5.74) is -2.69. The molecule has 0 radical (unpaired) electrons. The Morgan fingerprint density at radius 2 is 2.06 bits per heavy atom. The molecule has 2 unspecified atom stereocenters. The standard InChI is InChI=1S/C25H25F2N2O3PS/c1-3-6-15(2)34-22(14-30)18-11-12-31-21-13-16(9-10-17(18)21)32-24-20-8-5-4-7-19(20)23(28-29-24)25(26,27)33/h4-10,13-14,18,22H,3,11-12,33H2,1-2H3/b15-6-/t18?,22-/m1/s1. The fourth-order valence-electron chi connectivity index (χ4n) is 4.07. The average Bonchev–Trinajstić information content (AvgIpc) is 2.81. The van der Waals surface area contributed by atoms with Crippen LogP contribution in [-0.4, -0.2) is 28.3 Å². The van der Waals surface area contributed by atoms with Crippen LogP contribution in [0.2, 0.25) is 0 Å². The van der Waals surface area contributed by atoms with Crippen molar-refractivity contribution in [3.8, 4) is 17.4 Å². The summed E-state index contributed by atoms with van der Waals surface area (Å²) in [5, 5.41) is 8.14. The number of rotatable bonds is 8. The minimum atomic E-state index is -3.21. The Balaban J connectivity index is 1.64. The van der Waals surface area contributed by atoms with Crippen LogP contribution in [0.1, 0.15) is 43.9 Å². The molecule has 4 rings (SSSR count). The van der Waals surface area contributed by atoms with E-state index in [0.717, 1.165) is 29.6 Å². The monoisotopic (exact) mass is 502 g/mol. The van der Waals surface area contributed by atoms with Gasteiger partial charge in [-0.1, -0.05) is 46.5 Å². The first kappa shape index (κ1) is 24.6. The highest BCUT2D eigenvalue weighted by molar-refractivity contribution is 8.04. The summed E-state index contributed by atoms with van der Waals surface area (Å²) in [6.45, 7) is 4.58. The van der Waals surface area contributed by atoms with E-state index in [1.165, 1.54) is 9.24 Å². The fraction of sp³-hybridized carbons (Fsp3) is 0.320. The summed E-state index contributed by atoms with van der Waals surface area (Å²) in [6, 6.07) is 12.0. The molecule has 3 atom stereocenters. The van der Waals surface area contributed by atoms with Gasteiger partial charge < -0.3 is 14.3 Å². The number of ether oxygens (including phenoxy) is 2. The second-order valence-corrected chi connectivity index (χ2v) is 10.2. The molecule has 34 heavy (non-hydrogen) atoms. The van der Waals surface area contributed by atoms with Gasteiger partial charge in [0.05, 0.1) is 11.9 Å². The molecule has 1 aliphatic heterocycles. The van der Waals surface area contributed by atoms with Gasteiger partial charge in [0.25, 0.3) is 0 Å². The molecule has 2 heterocycles. The van der Waals surface area contributed by atoms with Gasteiger partial charge in [0.2, 0.25) is 5.88 Å². The topological polar surface area (TPSA) is 61.3 Å². The van der Waals surface area contributed by atoms with E-state index in [1.807, 2.05) is 13.0 Å². The van der Waals surface area contributed by atoms with Crippen LogP contribution in [0.5, 0.6) is 17.4 Å². The molecule has 1 aromatic heterocycles. The van der Waals surface area contributed by atoms with Crippen molar-refractivity contribution in [3.63, 3.8) is 0 Å². The van der Waals surface area contributed by atoms with Crippen LogP contribution in [0.3, 0.4) is 0 Å². The van der Waals surface area contributed by atoms with Gasteiger partial charge in [0, 0.05) is 22.8 Å². The summed E-state index contributed by atoms with van der Waals surface area (Å²) in [7, 11) is 1.49. The van der Waals surface area contributed by atoms with Gasteiger partial charge in [-0.05, 0) is 42.4 Å². The first-order valence-electron chi connectivity index (χ1n) is 11.0. The predicted octanol–water partition coefficient (Wildman–Crippen LogP) is 6.83. The molecular formula is C25H25F2N2O3PS. The Kier molecular flexibility index (Phi) is 7.48. The van der Waals surface area contributed by atoms with Crippen molar-refractivity contribution in [3.05, 3.63) is 64.7 Å². The fourth-order valence-corrected chi connectivity index (χ4v) is 5.48. The van der Waals surface area contributed by atoms with Gasteiger partial charge in [-0.15, -0.1) is 22.0 Å². The van der Waals surface area contributed by atoms with Gasteiger partial charge in [-0.3, -0.25) is 0 Å². The van der Waals surface area contributed by atoms with Crippen molar-refractivity contribution in [2.75, 3.05) is 6.61 Å². The molecule has 178 valence electrons. The van der Waals surface area contributed by atoms with Crippen molar-refractivity contribution >= 4 is 38.1 Å². The van der Waals surface area contributed by atoms with Gasteiger partial charge in [0.15, 0.2) is 0 Å². The van der Waals surface area contributed by atoms with E-state index in [-0.39, 0.29) is 22.4 Å². The van der Waals surface area contributed by atoms with Crippen molar-refractivity contribution < 1.29 is 23.0 Å². The second-order valence-electron chi connectivity index (χ2n) is 8.01. The highest BCUT2D eigenvalue weighted by Gasteiger charge is 2.32. The number of fused-ring (bicyclic) bond motifs is 2. The lowest BCUT2D eigenvalue weighted by Crippen LogP contribution is -2.24. The number of alkyl halides is 2. The van der Waals surface area contributed by atoms with E-state index in [4.69, 9.17) is 9.47 Å². The van der Waals surface area contributed by atoms with Crippen LogP contribution in [0.25, 0.3) is 10.8 Å². The Hall–Kier alpha value is -2.57. The minimum Gasteiger partial charge on any atom is -0.493 e. The molecule has 0 saturated heterocycles. The van der Waals surface area contributed by atoms with E-state index >= 15 is 0 Å². The van der Waals surface area contributed by atoms with Crippen LogP contribution in [0.15, 0.2) is 53.4 Å². The average molecular weight is 503 g/mol. The number of allylic oxidation sites excluding steroid dienone is 2. The highest BCUT2D eigenvalue weighted by atomic mass is 32.2. The molecule has 0 amide bonds. The maximum absolute atomic E-state index is 14.0. The lowest BCUT2D eigenvalue weighted by atomic mass is 9.90. The number of aromatic nitrogens is 2. The van der Waals surface area contributed by atoms with Crippen LogP contribution < -0.4 is 9.47 Å². The van der Waals surface area contributed by atoms with Crippen LogP contribution in [-0.2, 0) is 10.5 Å². The SMILES string of the molecule is CC/C=C(/C)S[C@H](C=O)C1CCOc2cc(Oc3nnc(C(F)(F)P)c4ccccc34)ccc21. The lowest BCUT2D eigenvalue weighted by molar-refractivity contribution is -0.107. The van der Waals surface area contributed by atoms with Crippen LogP contribution in [0.4, 0.5) is 8.78 Å². The Bertz CT molecular complexity index is 1230. The summed E-state index contributed by atoms with van der Waals surface area (Å²) in [6.07, 6.45) is 4.78. The molecule has 5 nitrogen and oxygen atoms in total. The number of nitrogens with zero attached hydrogens (tertiary/aromatic N) is 2. The molecule has 0 fully saturated rings. The normalized spacial score (nSPS) is 17.1. The molecule has 3 aromatic rings. The quantitative estimate of drug-likeness (QED) is 0.249. The van der Waals surface area contributed by atoms with E-state index in [0.29, 0.717) is 23.5 Å². The first-order chi connectivity index (χ1) is 16.3. The van der Waals surface area contributed by atoms with Crippen molar-refractivity contribution in [1.29, 1.82) is 0 Å². The predicted molar refractivity (Wildman–Crippen MR) is 134 cm³/mol. The van der Waals surface area contributed by atoms with Crippen LogP contribution in [0, 0.1) is 0 Å². The molecule has 0 aliphatic carbocycles. The number of benzene rings is 2. The Morgan fingerprint density at radius 3 is 2.76 bits per heavy atom. The summed E-state index contributed by atoms with van der Waals surface area (Å²) >= 11 is 1.58. The molecule has 0 spiro atoms. The zero-order chi connectivity index (χ0) is 24.3. The lowest BCUT2D eigenvalue weighted by Gasteiger charge is -2.29. The number of carbonyl (C=O) groups is 1. The second kappa shape index (κ2) is 10.4. The number of thioether (sulfide) groups is 1. The third-order valence-electron chi connectivity index (χ3n) is 5.60. The molecule has 0 bridgehead atoms.